The van der Waals surface area contributed by atoms with E-state index in [4.69, 9.17) is 0 Å². The molecule has 1 aliphatic carbocycles. The number of carbonyl (C=O) groups excluding carboxylic acids is 1. The normalized spacial score (nSPS) is 20.6. The minimum absolute atomic E-state index is 0.136. The summed E-state index contributed by atoms with van der Waals surface area (Å²) in [6.07, 6.45) is 6.56. The number of nitrogens with one attached hydrogen (secondary N) is 2. The summed E-state index contributed by atoms with van der Waals surface area (Å²) in [6.45, 7) is 4.55. The van der Waals surface area contributed by atoms with Crippen LogP contribution in [0, 0.1) is 0 Å². The first-order valence-electron chi connectivity index (χ1n) is 11.1. The summed E-state index contributed by atoms with van der Waals surface area (Å²) in [4.78, 5) is 44.9. The smallest absolute Gasteiger partial charge is 0.270 e. The van der Waals surface area contributed by atoms with Crippen LogP contribution in [0.5, 0.6) is 0 Å². The molecule has 0 spiro atoms. The number of anilines is 1. The van der Waals surface area contributed by atoms with Crippen molar-refractivity contribution in [2.75, 3.05) is 25.0 Å². The fraction of sp³-hybridized carbons (Fsp3) is 0.435. The minimum Gasteiger partial charge on any atom is -0.364 e. The summed E-state index contributed by atoms with van der Waals surface area (Å²) in [5.74, 6) is -0.172. The van der Waals surface area contributed by atoms with Crippen molar-refractivity contribution in [1.29, 1.82) is 0 Å². The summed E-state index contributed by atoms with van der Waals surface area (Å²) in [6, 6.07) is 6.69. The van der Waals surface area contributed by atoms with E-state index in [2.05, 4.69) is 35.1 Å². The molecule has 2 atom stereocenters. The van der Waals surface area contributed by atoms with E-state index in [1.165, 1.54) is 0 Å². The Bertz CT molecular complexity index is 1210. The molecule has 2 aliphatic rings. The predicted octanol–water partition coefficient (Wildman–Crippen LogP) is 1.49. The lowest BCUT2D eigenvalue weighted by atomic mass is 9.81. The van der Waals surface area contributed by atoms with Gasteiger partial charge in [-0.1, -0.05) is 6.92 Å². The summed E-state index contributed by atoms with van der Waals surface area (Å²) in [5.41, 5.74) is 4.23. The van der Waals surface area contributed by atoms with Crippen LogP contribution in [0.2, 0.25) is 0 Å². The highest BCUT2D eigenvalue weighted by Crippen LogP contribution is 2.37. The van der Waals surface area contributed by atoms with E-state index >= 15 is 0 Å². The number of hydrogen-bond donors (Lipinski definition) is 2. The number of pyridine rings is 2. The van der Waals surface area contributed by atoms with Gasteiger partial charge in [-0.2, -0.15) is 0 Å². The van der Waals surface area contributed by atoms with E-state index in [0.29, 0.717) is 41.1 Å². The lowest BCUT2D eigenvalue weighted by Gasteiger charge is -2.54. The van der Waals surface area contributed by atoms with Crippen molar-refractivity contribution in [3.63, 3.8) is 0 Å². The maximum atomic E-state index is 12.1. The Morgan fingerprint density at radius 3 is 2.72 bits per heavy atom. The molecule has 2 N–H and O–H groups in total. The molecule has 4 heterocycles. The lowest BCUT2D eigenvalue weighted by molar-refractivity contribution is 0.0658. The number of hydrogen-bond acceptors (Lipinski definition) is 7. The van der Waals surface area contributed by atoms with Crippen molar-refractivity contribution in [2.24, 2.45) is 0 Å². The summed E-state index contributed by atoms with van der Waals surface area (Å²) >= 11 is 0. The maximum absolute atomic E-state index is 12.1. The molecule has 3 aromatic heterocycles. The van der Waals surface area contributed by atoms with Gasteiger partial charge in [-0.25, -0.2) is 15.0 Å². The Morgan fingerprint density at radius 2 is 2.03 bits per heavy atom. The standard InChI is InChI=1S/C23H27N7O2/c1-3-16-23(32)28-18-10-14(11-26-21(18)27-16)13-29-8-9-30(20-7-6-19(20)29)15-4-5-17(25-12-15)22(31)24-2/h4-5,10-12,19-20H,3,6-9,13H2,1-2H3,(H,24,31)(H,28,32). The van der Waals surface area contributed by atoms with Crippen molar-refractivity contribution in [1.82, 2.24) is 30.2 Å². The number of nitrogens with zero attached hydrogens (tertiary/aromatic N) is 5. The molecule has 1 saturated carbocycles. The number of carbonyl (C=O) groups is 1. The third kappa shape index (κ3) is 3.62. The molecule has 0 aromatic carbocycles. The van der Waals surface area contributed by atoms with Crippen molar-refractivity contribution < 1.29 is 4.79 Å². The number of rotatable bonds is 5. The van der Waals surface area contributed by atoms with Gasteiger partial charge in [-0.3, -0.25) is 14.5 Å². The maximum Gasteiger partial charge on any atom is 0.270 e. The van der Waals surface area contributed by atoms with Gasteiger partial charge in [0.15, 0.2) is 5.65 Å². The van der Waals surface area contributed by atoms with Gasteiger partial charge in [0.2, 0.25) is 0 Å². The molecular weight excluding hydrogens is 406 g/mol. The number of aryl methyl sites for hydroxylation is 1. The molecule has 5 rings (SSSR count). The molecular formula is C23H27N7O2. The number of amides is 1. The van der Waals surface area contributed by atoms with Gasteiger partial charge in [0.05, 0.1) is 17.4 Å². The fourth-order valence-corrected chi connectivity index (χ4v) is 4.77. The lowest BCUT2D eigenvalue weighted by Crippen LogP contribution is -2.64. The highest BCUT2D eigenvalue weighted by Gasteiger charge is 2.42. The van der Waals surface area contributed by atoms with Crippen LogP contribution in [0.25, 0.3) is 11.2 Å². The zero-order valence-corrected chi connectivity index (χ0v) is 18.3. The molecule has 2 unspecified atom stereocenters. The number of H-pyrrole nitrogens is 1. The zero-order valence-electron chi connectivity index (χ0n) is 18.3. The first-order chi connectivity index (χ1) is 15.6. The fourth-order valence-electron chi connectivity index (χ4n) is 4.77. The second-order valence-electron chi connectivity index (χ2n) is 8.44. The number of aromatic nitrogens is 4. The highest BCUT2D eigenvalue weighted by molar-refractivity contribution is 5.92. The molecule has 2 fully saturated rings. The van der Waals surface area contributed by atoms with Gasteiger partial charge in [0.25, 0.3) is 11.5 Å². The van der Waals surface area contributed by atoms with Gasteiger partial charge in [0.1, 0.15) is 11.4 Å². The molecule has 32 heavy (non-hydrogen) atoms. The van der Waals surface area contributed by atoms with Crippen molar-refractivity contribution >= 4 is 22.8 Å². The van der Waals surface area contributed by atoms with Crippen molar-refractivity contribution in [3.05, 3.63) is 57.9 Å². The van der Waals surface area contributed by atoms with E-state index < -0.39 is 0 Å². The quantitative estimate of drug-likeness (QED) is 0.628. The van der Waals surface area contributed by atoms with Crippen LogP contribution in [0.1, 0.15) is 41.5 Å². The molecule has 0 bridgehead atoms. The van der Waals surface area contributed by atoms with Crippen molar-refractivity contribution in [2.45, 2.75) is 44.8 Å². The molecule has 166 valence electrons. The number of fused-ring (bicyclic) bond motifs is 2. The second kappa shape index (κ2) is 8.31. The molecule has 9 heteroatoms. The van der Waals surface area contributed by atoms with Crippen LogP contribution >= 0.6 is 0 Å². The average Bonchev–Trinajstić information content (AvgIpc) is 2.79. The largest absolute Gasteiger partial charge is 0.364 e. The molecule has 3 aromatic rings. The first-order valence-corrected chi connectivity index (χ1v) is 11.1. The minimum atomic E-state index is -0.172. The van der Waals surface area contributed by atoms with Gasteiger partial charge in [-0.05, 0) is 43.0 Å². The van der Waals surface area contributed by atoms with Crippen LogP contribution < -0.4 is 15.8 Å². The van der Waals surface area contributed by atoms with Crippen LogP contribution in [0.3, 0.4) is 0 Å². The second-order valence-corrected chi connectivity index (χ2v) is 8.44. The van der Waals surface area contributed by atoms with Crippen LogP contribution in [0.15, 0.2) is 35.4 Å². The SMILES string of the molecule is CCc1nc2ncc(CN3CCN(c4ccc(C(=O)NC)nc4)C4CCC43)cc2[nH]c1=O. The Balaban J connectivity index is 1.30. The van der Waals surface area contributed by atoms with E-state index in [0.717, 1.165) is 43.7 Å². The highest BCUT2D eigenvalue weighted by atomic mass is 16.1. The predicted molar refractivity (Wildman–Crippen MR) is 122 cm³/mol. The van der Waals surface area contributed by atoms with Gasteiger partial charge in [0, 0.05) is 45.0 Å². The number of piperazine rings is 1. The van der Waals surface area contributed by atoms with Crippen LogP contribution in [-0.4, -0.2) is 63.0 Å². The van der Waals surface area contributed by atoms with Crippen LogP contribution in [-0.2, 0) is 13.0 Å². The Labute approximate surface area is 185 Å². The molecule has 1 amide bonds. The van der Waals surface area contributed by atoms with Gasteiger partial charge >= 0.3 is 0 Å². The van der Waals surface area contributed by atoms with Crippen molar-refractivity contribution in [3.8, 4) is 0 Å². The number of aromatic amines is 1. The van der Waals surface area contributed by atoms with E-state index in [1.807, 2.05) is 25.3 Å². The summed E-state index contributed by atoms with van der Waals surface area (Å²) in [5, 5.41) is 2.61. The van der Waals surface area contributed by atoms with Gasteiger partial charge in [-0.15, -0.1) is 0 Å². The summed E-state index contributed by atoms with van der Waals surface area (Å²) < 4.78 is 0. The Kier molecular flexibility index (Phi) is 5.34. The summed E-state index contributed by atoms with van der Waals surface area (Å²) in [7, 11) is 1.61. The van der Waals surface area contributed by atoms with Crippen LogP contribution in [0.4, 0.5) is 5.69 Å². The first kappa shape index (κ1) is 20.6. The molecule has 0 radical (unpaired) electrons. The average molecular weight is 434 g/mol. The van der Waals surface area contributed by atoms with E-state index in [-0.39, 0.29) is 11.5 Å². The molecule has 1 saturated heterocycles. The molecule has 9 nitrogen and oxygen atoms in total. The third-order valence-corrected chi connectivity index (χ3v) is 6.63. The topological polar surface area (TPSA) is 107 Å². The zero-order chi connectivity index (χ0) is 22.2. The Morgan fingerprint density at radius 1 is 1.19 bits per heavy atom. The monoisotopic (exact) mass is 433 g/mol. The van der Waals surface area contributed by atoms with E-state index in [1.54, 1.807) is 19.3 Å². The molecule has 1 aliphatic heterocycles. The Hall–Kier alpha value is -3.33. The van der Waals surface area contributed by atoms with E-state index in [9.17, 15) is 9.59 Å². The van der Waals surface area contributed by atoms with Gasteiger partial charge < -0.3 is 15.2 Å². The third-order valence-electron chi connectivity index (χ3n) is 6.63.